The Hall–Kier alpha value is -1.02. The Bertz CT molecular complexity index is 354. The zero-order valence-corrected chi connectivity index (χ0v) is 12.4. The van der Waals surface area contributed by atoms with Gasteiger partial charge in [-0.2, -0.15) is 0 Å². The molecule has 1 atom stereocenters. The van der Waals surface area contributed by atoms with E-state index in [1.54, 1.807) is 7.11 Å². The molecule has 2 heteroatoms. The average Bonchev–Trinajstić information content (AvgIpc) is 2.33. The minimum absolute atomic E-state index is 0.334. The number of hydrogen-bond acceptors (Lipinski definition) is 2. The van der Waals surface area contributed by atoms with Gasteiger partial charge in [0, 0.05) is 11.6 Å². The van der Waals surface area contributed by atoms with Crippen LogP contribution in [0, 0.1) is 5.41 Å². The summed E-state index contributed by atoms with van der Waals surface area (Å²) in [4.78, 5) is 0. The van der Waals surface area contributed by atoms with Crippen LogP contribution in [0.3, 0.4) is 0 Å². The average molecular weight is 249 g/mol. The van der Waals surface area contributed by atoms with Crippen LogP contribution in [0.25, 0.3) is 0 Å². The van der Waals surface area contributed by atoms with Gasteiger partial charge in [0.1, 0.15) is 5.75 Å². The maximum atomic E-state index is 5.39. The quantitative estimate of drug-likeness (QED) is 0.764. The zero-order valence-electron chi connectivity index (χ0n) is 12.4. The monoisotopic (exact) mass is 249 g/mol. The molecule has 0 aliphatic carbocycles. The second-order valence-electron chi connectivity index (χ2n) is 6.08. The van der Waals surface area contributed by atoms with Crippen LogP contribution >= 0.6 is 0 Å². The molecule has 2 nitrogen and oxygen atoms in total. The Morgan fingerprint density at radius 1 is 1.22 bits per heavy atom. The molecule has 0 radical (unpaired) electrons. The molecule has 102 valence electrons. The second kappa shape index (κ2) is 6.79. The van der Waals surface area contributed by atoms with E-state index in [-0.39, 0.29) is 0 Å². The predicted molar refractivity (Wildman–Crippen MR) is 78.1 cm³/mol. The normalized spacial score (nSPS) is 13.4. The van der Waals surface area contributed by atoms with E-state index in [9.17, 15) is 0 Å². The van der Waals surface area contributed by atoms with E-state index < -0.39 is 0 Å². The van der Waals surface area contributed by atoms with Gasteiger partial charge in [-0.1, -0.05) is 39.0 Å². The van der Waals surface area contributed by atoms with Crippen molar-refractivity contribution >= 4 is 0 Å². The number of methoxy groups -OCH3 is 1. The third-order valence-corrected chi connectivity index (χ3v) is 3.16. The van der Waals surface area contributed by atoms with Crippen molar-refractivity contribution in [1.82, 2.24) is 5.32 Å². The highest BCUT2D eigenvalue weighted by molar-refractivity contribution is 5.35. The molecule has 0 aliphatic heterocycles. The van der Waals surface area contributed by atoms with E-state index in [1.165, 1.54) is 18.4 Å². The van der Waals surface area contributed by atoms with Gasteiger partial charge in [-0.05, 0) is 37.8 Å². The van der Waals surface area contributed by atoms with Crippen LogP contribution in [-0.2, 0) is 0 Å². The van der Waals surface area contributed by atoms with Crippen LogP contribution in [0.1, 0.15) is 52.1 Å². The van der Waals surface area contributed by atoms with Gasteiger partial charge in [0.25, 0.3) is 0 Å². The van der Waals surface area contributed by atoms with Crippen LogP contribution < -0.4 is 10.1 Å². The van der Waals surface area contributed by atoms with Crippen molar-refractivity contribution in [1.29, 1.82) is 0 Å². The molecular weight excluding hydrogens is 222 g/mol. The summed E-state index contributed by atoms with van der Waals surface area (Å²) in [5.41, 5.74) is 1.66. The molecule has 0 saturated heterocycles. The summed E-state index contributed by atoms with van der Waals surface area (Å²) >= 11 is 0. The second-order valence-corrected chi connectivity index (χ2v) is 6.08. The number of rotatable bonds is 6. The van der Waals surface area contributed by atoms with Crippen molar-refractivity contribution in [3.05, 3.63) is 29.8 Å². The Balaban J connectivity index is 2.43. The van der Waals surface area contributed by atoms with Crippen molar-refractivity contribution in [2.75, 3.05) is 13.7 Å². The first kappa shape index (κ1) is 15.0. The van der Waals surface area contributed by atoms with E-state index in [2.05, 4.69) is 45.1 Å². The Labute approximate surface area is 112 Å². The highest BCUT2D eigenvalue weighted by atomic mass is 16.5. The molecule has 0 bridgehead atoms. The summed E-state index contributed by atoms with van der Waals surface area (Å²) in [7, 11) is 1.73. The Kier molecular flexibility index (Phi) is 5.67. The smallest absolute Gasteiger partial charge is 0.123 e. The van der Waals surface area contributed by atoms with Crippen molar-refractivity contribution in [2.45, 2.75) is 46.6 Å². The van der Waals surface area contributed by atoms with E-state index >= 15 is 0 Å². The van der Waals surface area contributed by atoms with Gasteiger partial charge in [0.15, 0.2) is 0 Å². The fourth-order valence-electron chi connectivity index (χ4n) is 2.07. The standard InChI is InChI=1S/C16H27NO/c1-13(17-12-8-11-16(2,3)4)14-9-6-7-10-15(14)18-5/h6-7,9-10,13,17H,8,11-12H2,1-5H3/t13-/m0/s1. The number of ether oxygens (including phenoxy) is 1. The Morgan fingerprint density at radius 3 is 2.50 bits per heavy atom. The van der Waals surface area contributed by atoms with E-state index in [0.29, 0.717) is 11.5 Å². The molecule has 0 unspecified atom stereocenters. The highest BCUT2D eigenvalue weighted by Crippen LogP contribution is 2.25. The molecule has 1 N–H and O–H groups in total. The molecule has 0 aromatic heterocycles. The summed E-state index contributed by atoms with van der Waals surface area (Å²) < 4.78 is 5.39. The zero-order chi connectivity index (χ0) is 13.6. The van der Waals surface area contributed by atoms with Crippen molar-refractivity contribution in [3.63, 3.8) is 0 Å². The maximum absolute atomic E-state index is 5.39. The minimum atomic E-state index is 0.334. The molecule has 0 fully saturated rings. The summed E-state index contributed by atoms with van der Waals surface area (Å²) in [6, 6.07) is 8.55. The largest absolute Gasteiger partial charge is 0.496 e. The van der Waals surface area contributed by atoms with Gasteiger partial charge in [0.05, 0.1) is 7.11 Å². The van der Waals surface area contributed by atoms with E-state index in [4.69, 9.17) is 4.74 Å². The lowest BCUT2D eigenvalue weighted by atomic mass is 9.90. The SMILES string of the molecule is COc1ccccc1[C@H](C)NCCCC(C)(C)C. The van der Waals surface area contributed by atoms with Crippen LogP contribution in [0.2, 0.25) is 0 Å². The van der Waals surface area contributed by atoms with Crippen LogP contribution in [0.15, 0.2) is 24.3 Å². The van der Waals surface area contributed by atoms with E-state index in [0.717, 1.165) is 12.3 Å². The molecule has 1 aromatic rings. The fourth-order valence-corrected chi connectivity index (χ4v) is 2.07. The third-order valence-electron chi connectivity index (χ3n) is 3.16. The molecule has 18 heavy (non-hydrogen) atoms. The van der Waals surface area contributed by atoms with Gasteiger partial charge in [0.2, 0.25) is 0 Å². The lowest BCUT2D eigenvalue weighted by Crippen LogP contribution is -2.21. The first-order chi connectivity index (χ1) is 8.44. The minimum Gasteiger partial charge on any atom is -0.496 e. The lowest BCUT2D eigenvalue weighted by Gasteiger charge is -2.20. The molecule has 0 amide bonds. The van der Waals surface area contributed by atoms with Crippen LogP contribution in [0.5, 0.6) is 5.75 Å². The molecule has 0 spiro atoms. The molecular formula is C16H27NO. The Morgan fingerprint density at radius 2 is 1.89 bits per heavy atom. The highest BCUT2D eigenvalue weighted by Gasteiger charge is 2.12. The topological polar surface area (TPSA) is 21.3 Å². The number of para-hydroxylation sites is 1. The number of benzene rings is 1. The summed E-state index contributed by atoms with van der Waals surface area (Å²) in [5, 5.41) is 3.57. The van der Waals surface area contributed by atoms with Gasteiger partial charge >= 0.3 is 0 Å². The number of hydrogen-bond donors (Lipinski definition) is 1. The predicted octanol–water partition coefficient (Wildman–Crippen LogP) is 4.17. The van der Waals surface area contributed by atoms with Gasteiger partial charge < -0.3 is 10.1 Å². The molecule has 0 saturated carbocycles. The number of nitrogens with one attached hydrogen (secondary N) is 1. The van der Waals surface area contributed by atoms with Gasteiger partial charge in [-0.15, -0.1) is 0 Å². The summed E-state index contributed by atoms with van der Waals surface area (Å²) in [6.45, 7) is 10.1. The first-order valence-electron chi connectivity index (χ1n) is 6.80. The maximum Gasteiger partial charge on any atom is 0.123 e. The van der Waals surface area contributed by atoms with Gasteiger partial charge in [-0.3, -0.25) is 0 Å². The fraction of sp³-hybridized carbons (Fsp3) is 0.625. The van der Waals surface area contributed by atoms with Crippen molar-refractivity contribution < 1.29 is 4.74 Å². The first-order valence-corrected chi connectivity index (χ1v) is 6.80. The molecule has 0 heterocycles. The lowest BCUT2D eigenvalue weighted by molar-refractivity contribution is 0.355. The van der Waals surface area contributed by atoms with Crippen molar-refractivity contribution in [3.8, 4) is 5.75 Å². The molecule has 1 aromatic carbocycles. The van der Waals surface area contributed by atoms with Crippen LogP contribution in [-0.4, -0.2) is 13.7 Å². The van der Waals surface area contributed by atoms with Crippen LogP contribution in [0.4, 0.5) is 0 Å². The molecule has 1 rings (SSSR count). The third kappa shape index (κ3) is 5.09. The summed E-state index contributed by atoms with van der Waals surface area (Å²) in [5.74, 6) is 0.966. The van der Waals surface area contributed by atoms with Crippen molar-refractivity contribution in [2.24, 2.45) is 5.41 Å². The molecule has 0 aliphatic rings. The van der Waals surface area contributed by atoms with Gasteiger partial charge in [-0.25, -0.2) is 0 Å². The summed E-state index contributed by atoms with van der Waals surface area (Å²) in [6.07, 6.45) is 2.46. The van der Waals surface area contributed by atoms with E-state index in [1.807, 2.05) is 12.1 Å².